The number of carbonyl (C=O) groups excluding carboxylic acids is 1. The highest BCUT2D eigenvalue weighted by Crippen LogP contribution is 2.62. The normalized spacial score (nSPS) is 25.0. The first kappa shape index (κ1) is 45.7. The molecule has 3 aliphatic carbocycles. The number of benzene rings is 3. The molecule has 2 heterocycles. The molecule has 2 fully saturated rings. The minimum Gasteiger partial charge on any atom is -0.459 e. The lowest BCUT2D eigenvalue weighted by molar-refractivity contribution is -0.258. The van der Waals surface area contributed by atoms with Crippen LogP contribution >= 0.6 is 0 Å². The van der Waals surface area contributed by atoms with Gasteiger partial charge in [-0.1, -0.05) is 68.0 Å². The zero-order valence-electron chi connectivity index (χ0n) is 38.1. The molecule has 344 valence electrons. The van der Waals surface area contributed by atoms with Crippen molar-refractivity contribution in [1.82, 2.24) is 4.90 Å². The van der Waals surface area contributed by atoms with Gasteiger partial charge in [-0.15, -0.1) is 6.58 Å². The Hall–Kier alpha value is -4.84. The first-order chi connectivity index (χ1) is 31.3. The first-order valence-electron chi connectivity index (χ1n) is 23.9. The molecule has 2 saturated carbocycles. The van der Waals surface area contributed by atoms with Gasteiger partial charge in [0.1, 0.15) is 29.9 Å². The number of carbonyl (C=O) groups is 1. The summed E-state index contributed by atoms with van der Waals surface area (Å²) in [6, 6.07) is 17.5. The molecule has 2 N–H and O–H groups in total. The van der Waals surface area contributed by atoms with E-state index in [-0.39, 0.29) is 50.3 Å². The topological polar surface area (TPSA) is 129 Å². The van der Waals surface area contributed by atoms with Crippen LogP contribution in [0.15, 0.2) is 84.1 Å². The van der Waals surface area contributed by atoms with Crippen molar-refractivity contribution in [3.8, 4) is 28.7 Å². The third-order valence-electron chi connectivity index (χ3n) is 14.4. The lowest BCUT2D eigenvalue weighted by atomic mass is 9.55. The van der Waals surface area contributed by atoms with Crippen LogP contribution < -0.4 is 18.9 Å². The summed E-state index contributed by atoms with van der Waals surface area (Å²) in [4.78, 5) is 23.2. The summed E-state index contributed by atoms with van der Waals surface area (Å²) < 4.78 is 32.9. The van der Waals surface area contributed by atoms with Gasteiger partial charge in [-0.2, -0.15) is 0 Å². The van der Waals surface area contributed by atoms with Crippen molar-refractivity contribution in [2.45, 2.75) is 129 Å². The molecular formula is C53H68N2O9. The largest absolute Gasteiger partial charge is 0.459 e. The van der Waals surface area contributed by atoms with Crippen molar-refractivity contribution in [3.63, 3.8) is 0 Å². The number of hydrogen-bond acceptors (Lipinski definition) is 10. The number of amides is 1. The molecule has 6 atom stereocenters. The van der Waals surface area contributed by atoms with Crippen molar-refractivity contribution in [3.05, 3.63) is 101 Å². The molecule has 6 unspecified atom stereocenters. The lowest BCUT2D eigenvalue weighted by Gasteiger charge is -2.60. The number of ether oxygens (including phenoxy) is 5. The maximum atomic E-state index is 15.2. The van der Waals surface area contributed by atoms with E-state index in [1.807, 2.05) is 48.2 Å². The molecule has 5 aliphatic rings. The molecule has 0 spiro atoms. The van der Waals surface area contributed by atoms with E-state index >= 15 is 4.79 Å². The van der Waals surface area contributed by atoms with Gasteiger partial charge < -0.3 is 43.6 Å². The summed E-state index contributed by atoms with van der Waals surface area (Å²) in [7, 11) is 0. The van der Waals surface area contributed by atoms with Gasteiger partial charge in [-0.3, -0.25) is 4.79 Å². The van der Waals surface area contributed by atoms with Gasteiger partial charge in [0.15, 0.2) is 11.5 Å². The Balaban J connectivity index is 1.31. The second-order valence-corrected chi connectivity index (χ2v) is 18.4. The summed E-state index contributed by atoms with van der Waals surface area (Å²) in [5.41, 5.74) is 6.08. The summed E-state index contributed by atoms with van der Waals surface area (Å²) >= 11 is 0. The number of nitrogens with zero attached hydrogens (tertiary/aromatic N) is 2. The third-order valence-corrected chi connectivity index (χ3v) is 14.4. The summed E-state index contributed by atoms with van der Waals surface area (Å²) in [6.45, 7) is 11.5. The Bertz CT molecular complexity index is 2160. The summed E-state index contributed by atoms with van der Waals surface area (Å²) in [5, 5.41) is 24.9. The highest BCUT2D eigenvalue weighted by Gasteiger charge is 2.65. The fraction of sp³-hybridized carbons (Fsp3) is 0.547. The van der Waals surface area contributed by atoms with E-state index in [4.69, 9.17) is 33.7 Å². The number of oxime groups is 1. The number of allylic oxidation sites excluding steroid dienone is 1. The fourth-order valence-electron chi connectivity index (χ4n) is 11.1. The molecule has 11 nitrogen and oxygen atoms in total. The van der Waals surface area contributed by atoms with E-state index in [9.17, 15) is 10.2 Å². The first-order valence-corrected chi connectivity index (χ1v) is 23.9. The second kappa shape index (κ2) is 21.0. The van der Waals surface area contributed by atoms with Crippen molar-refractivity contribution in [1.29, 1.82) is 0 Å². The average molecular weight is 877 g/mol. The van der Waals surface area contributed by atoms with E-state index in [1.54, 1.807) is 6.08 Å². The number of aliphatic hydroxyl groups is 2. The summed E-state index contributed by atoms with van der Waals surface area (Å²) in [5.74, 6) is 2.35. The molecule has 0 aromatic heterocycles. The van der Waals surface area contributed by atoms with Gasteiger partial charge in [0, 0.05) is 44.1 Å². The Morgan fingerprint density at radius 3 is 2.42 bits per heavy atom. The molecule has 11 heteroatoms. The number of aryl methyl sites for hydroxylation is 2. The smallest absolute Gasteiger partial charge is 0.239 e. The maximum Gasteiger partial charge on any atom is 0.239 e. The van der Waals surface area contributed by atoms with Crippen LogP contribution in [0.1, 0.15) is 119 Å². The van der Waals surface area contributed by atoms with Crippen LogP contribution in [0.4, 0.5) is 0 Å². The molecule has 3 aromatic rings. The van der Waals surface area contributed by atoms with Crippen molar-refractivity contribution in [2.75, 3.05) is 33.2 Å². The molecule has 0 radical (unpaired) electrons. The van der Waals surface area contributed by atoms with Crippen LogP contribution in [-0.2, 0) is 20.9 Å². The van der Waals surface area contributed by atoms with Gasteiger partial charge in [-0.25, -0.2) is 0 Å². The standard InChI is InChI=1S/C53H68N2O9/c1-5-27-61-53-49(55(50(58)24-19-37-13-7-8-14-37)33-38-18-22-47-48(29-38)60-34-59-47)32-45(54-62-6-2)43-30-39(15-9-11-25-56)42(16-10-12-26-57)51(52(43)53)44-31-41(21-23-46(44)64-53)63-40-20-17-35(3)36(4)28-40/h5,17-18,20-23,28-31,37,39,42,49,51-52,56-57H,1,6-16,19,24-27,32-34H2,2-4H3. The SMILES string of the molecule is C=CCOC12Oc3ccc(Oc4ccc(C)c(C)c4)cc3C3C(CCCCO)C(CCCCO)C=C(C(=NOCC)CC1N(Cc1ccc4c(c1)OCO4)C(=O)CCC1CCCC1)C32. The minimum absolute atomic E-state index is 0.0413. The minimum atomic E-state index is -1.36. The highest BCUT2D eigenvalue weighted by atomic mass is 16.7. The molecule has 0 bridgehead atoms. The van der Waals surface area contributed by atoms with Gasteiger partial charge in [0.2, 0.25) is 18.5 Å². The van der Waals surface area contributed by atoms with Crippen LogP contribution in [0, 0.1) is 37.5 Å². The number of fused-ring (bicyclic) bond motifs is 3. The van der Waals surface area contributed by atoms with Gasteiger partial charge in [0.05, 0.1) is 18.2 Å². The van der Waals surface area contributed by atoms with E-state index in [0.717, 1.165) is 78.7 Å². The number of aliphatic hydroxyl groups excluding tert-OH is 2. The molecule has 2 aliphatic heterocycles. The third kappa shape index (κ3) is 9.72. The molecular weight excluding hydrogens is 809 g/mol. The average Bonchev–Trinajstić information content (AvgIpc) is 4.01. The molecule has 0 saturated heterocycles. The Morgan fingerprint density at radius 2 is 1.66 bits per heavy atom. The van der Waals surface area contributed by atoms with Crippen LogP contribution in [0.25, 0.3) is 0 Å². The predicted octanol–water partition coefficient (Wildman–Crippen LogP) is 10.5. The molecule has 64 heavy (non-hydrogen) atoms. The van der Waals surface area contributed by atoms with Crippen LogP contribution in [0.3, 0.4) is 0 Å². The maximum absolute atomic E-state index is 15.2. The fourth-order valence-corrected chi connectivity index (χ4v) is 11.1. The summed E-state index contributed by atoms with van der Waals surface area (Å²) in [6.07, 6.45) is 15.2. The zero-order valence-corrected chi connectivity index (χ0v) is 38.1. The second-order valence-electron chi connectivity index (χ2n) is 18.4. The van der Waals surface area contributed by atoms with E-state index < -0.39 is 17.7 Å². The number of unbranched alkanes of at least 4 members (excludes halogenated alkanes) is 2. The van der Waals surface area contributed by atoms with Crippen LogP contribution in [0.2, 0.25) is 0 Å². The monoisotopic (exact) mass is 876 g/mol. The Kier molecular flexibility index (Phi) is 15.0. The molecule has 3 aromatic carbocycles. The van der Waals surface area contributed by atoms with Crippen LogP contribution in [0.5, 0.6) is 28.7 Å². The van der Waals surface area contributed by atoms with Gasteiger partial charge in [-0.05, 0) is 135 Å². The van der Waals surface area contributed by atoms with E-state index in [0.29, 0.717) is 67.8 Å². The van der Waals surface area contributed by atoms with Gasteiger partial charge in [0.25, 0.3) is 0 Å². The van der Waals surface area contributed by atoms with Crippen molar-refractivity contribution in [2.24, 2.45) is 28.8 Å². The number of rotatable bonds is 21. The van der Waals surface area contributed by atoms with E-state index in [2.05, 4.69) is 44.7 Å². The Labute approximate surface area is 379 Å². The Morgan fingerprint density at radius 1 is 0.906 bits per heavy atom. The lowest BCUT2D eigenvalue weighted by Crippen LogP contribution is -2.70. The highest BCUT2D eigenvalue weighted by molar-refractivity contribution is 6.03. The molecule has 8 rings (SSSR count). The predicted molar refractivity (Wildman–Crippen MR) is 247 cm³/mol. The van der Waals surface area contributed by atoms with Crippen LogP contribution in [-0.4, -0.2) is 71.8 Å². The number of hydrogen-bond donors (Lipinski definition) is 2. The van der Waals surface area contributed by atoms with Gasteiger partial charge >= 0.3 is 0 Å². The molecule has 1 amide bonds. The van der Waals surface area contributed by atoms with Crippen molar-refractivity contribution >= 4 is 11.6 Å². The van der Waals surface area contributed by atoms with Crippen molar-refractivity contribution < 1.29 is 43.5 Å². The zero-order chi connectivity index (χ0) is 44.6. The van der Waals surface area contributed by atoms with E-state index in [1.165, 1.54) is 18.4 Å². The quantitative estimate of drug-likeness (QED) is 0.0611.